The Bertz CT molecular complexity index is 655. The van der Waals surface area contributed by atoms with Crippen molar-refractivity contribution in [3.05, 3.63) is 65.7 Å². The first-order valence-electron chi connectivity index (χ1n) is 7.46. The lowest BCUT2D eigenvalue weighted by Gasteiger charge is -2.11. The number of hydroxylamine groups is 1. The second-order valence-corrected chi connectivity index (χ2v) is 4.94. The number of ether oxygens (including phenoxy) is 1. The molecule has 0 saturated carbocycles. The number of nitrogens with one attached hydrogen (secondary N) is 1. The van der Waals surface area contributed by atoms with Crippen LogP contribution in [0.4, 0.5) is 0 Å². The van der Waals surface area contributed by atoms with Crippen LogP contribution in [0.5, 0.6) is 5.75 Å². The topological polar surface area (TPSA) is 64.6 Å². The third kappa shape index (κ3) is 5.14. The van der Waals surface area contributed by atoms with Crippen molar-refractivity contribution in [1.82, 2.24) is 5.48 Å². The summed E-state index contributed by atoms with van der Waals surface area (Å²) in [7, 11) is 0. The van der Waals surface area contributed by atoms with Gasteiger partial charge in [-0.05, 0) is 24.1 Å². The van der Waals surface area contributed by atoms with Crippen LogP contribution in [-0.2, 0) is 16.1 Å². The highest BCUT2D eigenvalue weighted by Crippen LogP contribution is 2.19. The van der Waals surface area contributed by atoms with Crippen molar-refractivity contribution in [2.75, 3.05) is 0 Å². The summed E-state index contributed by atoms with van der Waals surface area (Å²) in [5.41, 5.74) is 3.48. The Morgan fingerprint density at radius 1 is 1.00 bits per heavy atom. The van der Waals surface area contributed by atoms with Gasteiger partial charge in [0.15, 0.2) is 5.75 Å². The summed E-state index contributed by atoms with van der Waals surface area (Å²) in [5, 5.41) is 0. The van der Waals surface area contributed by atoms with Crippen molar-refractivity contribution in [2.24, 2.45) is 0 Å². The minimum atomic E-state index is -0.505. The van der Waals surface area contributed by atoms with Gasteiger partial charge in [-0.25, -0.2) is 4.79 Å². The lowest BCUT2D eigenvalue weighted by molar-refractivity contribution is -0.127. The Morgan fingerprint density at radius 3 is 2.43 bits per heavy atom. The fourth-order valence-corrected chi connectivity index (χ4v) is 1.92. The van der Waals surface area contributed by atoms with Crippen molar-refractivity contribution >= 4 is 11.9 Å². The quantitative estimate of drug-likeness (QED) is 0.629. The minimum absolute atomic E-state index is 0.177. The van der Waals surface area contributed by atoms with Crippen LogP contribution in [-0.4, -0.2) is 11.9 Å². The van der Waals surface area contributed by atoms with Crippen LogP contribution in [0.15, 0.2) is 54.6 Å². The van der Waals surface area contributed by atoms with E-state index in [1.807, 2.05) is 37.3 Å². The number of esters is 1. The van der Waals surface area contributed by atoms with Gasteiger partial charge in [0.25, 0.3) is 5.91 Å². The van der Waals surface area contributed by atoms with Crippen molar-refractivity contribution in [2.45, 2.75) is 26.4 Å². The highest BCUT2D eigenvalue weighted by molar-refractivity contribution is 5.92. The molecule has 5 heteroatoms. The fourth-order valence-electron chi connectivity index (χ4n) is 1.92. The highest BCUT2D eigenvalue weighted by Gasteiger charge is 2.15. The number of benzene rings is 2. The first-order chi connectivity index (χ1) is 11.2. The average molecular weight is 313 g/mol. The third-order valence-electron chi connectivity index (χ3n) is 3.07. The van der Waals surface area contributed by atoms with Gasteiger partial charge in [-0.15, -0.1) is 0 Å². The van der Waals surface area contributed by atoms with E-state index in [-0.39, 0.29) is 23.8 Å². The number of carbonyl (C=O) groups is 2. The van der Waals surface area contributed by atoms with Crippen molar-refractivity contribution < 1.29 is 19.2 Å². The van der Waals surface area contributed by atoms with E-state index in [1.165, 1.54) is 0 Å². The van der Waals surface area contributed by atoms with Crippen molar-refractivity contribution in [1.29, 1.82) is 0 Å². The van der Waals surface area contributed by atoms with Crippen LogP contribution in [0.25, 0.3) is 0 Å². The first-order valence-corrected chi connectivity index (χ1v) is 7.46. The number of hydrogen-bond acceptors (Lipinski definition) is 4. The smallest absolute Gasteiger partial charge is 0.342 e. The summed E-state index contributed by atoms with van der Waals surface area (Å²) in [4.78, 5) is 28.9. The zero-order chi connectivity index (χ0) is 16.5. The summed E-state index contributed by atoms with van der Waals surface area (Å²) in [5.74, 6) is -0.482. The second kappa shape index (κ2) is 8.58. The molecule has 0 heterocycles. The van der Waals surface area contributed by atoms with E-state index in [2.05, 4.69) is 5.48 Å². The predicted octanol–water partition coefficient (Wildman–Crippen LogP) is 3.25. The molecule has 0 fully saturated rings. The van der Waals surface area contributed by atoms with Crippen molar-refractivity contribution in [3.63, 3.8) is 0 Å². The molecular formula is C18H19NO4. The Hall–Kier alpha value is -2.82. The van der Waals surface area contributed by atoms with Crippen LogP contribution in [0, 0.1) is 0 Å². The standard InChI is InChI=1S/C18H19NO4/c1-2-8-17(20)19-23-16-12-7-6-11-15(16)18(21)22-13-14-9-4-3-5-10-14/h3-7,9-12H,2,8,13H2,1H3,(H,19,20). The maximum Gasteiger partial charge on any atom is 0.342 e. The molecule has 0 saturated heterocycles. The number of para-hydroxylation sites is 1. The maximum atomic E-state index is 12.2. The normalized spacial score (nSPS) is 9.96. The molecule has 0 radical (unpaired) electrons. The Morgan fingerprint density at radius 2 is 1.70 bits per heavy atom. The fraction of sp³-hybridized carbons (Fsp3) is 0.222. The zero-order valence-corrected chi connectivity index (χ0v) is 13.0. The molecule has 0 aliphatic heterocycles. The Kier molecular flexibility index (Phi) is 6.17. The van der Waals surface area contributed by atoms with Crippen LogP contribution >= 0.6 is 0 Å². The minimum Gasteiger partial charge on any atom is -0.457 e. The molecule has 2 aromatic carbocycles. The van der Waals surface area contributed by atoms with Crippen molar-refractivity contribution in [3.8, 4) is 5.75 Å². The molecule has 0 spiro atoms. The number of amides is 1. The molecule has 0 atom stereocenters. The molecule has 2 aromatic rings. The van der Waals surface area contributed by atoms with E-state index >= 15 is 0 Å². The van der Waals surface area contributed by atoms with Gasteiger partial charge in [-0.1, -0.05) is 49.4 Å². The molecule has 0 aliphatic carbocycles. The predicted molar refractivity (Wildman–Crippen MR) is 85.7 cm³/mol. The molecule has 0 bridgehead atoms. The Labute approximate surface area is 135 Å². The molecule has 1 N–H and O–H groups in total. The lowest BCUT2D eigenvalue weighted by Crippen LogP contribution is -2.27. The van der Waals surface area contributed by atoms with E-state index in [9.17, 15) is 9.59 Å². The first kappa shape index (κ1) is 16.5. The van der Waals surface area contributed by atoms with Gasteiger partial charge in [0.1, 0.15) is 12.2 Å². The van der Waals surface area contributed by atoms with E-state index in [1.54, 1.807) is 24.3 Å². The molecule has 5 nitrogen and oxygen atoms in total. The maximum absolute atomic E-state index is 12.2. The molecule has 0 aromatic heterocycles. The summed E-state index contributed by atoms with van der Waals surface area (Å²) in [6.07, 6.45) is 1.08. The van der Waals surface area contributed by atoms with Crippen LogP contribution in [0.3, 0.4) is 0 Å². The SMILES string of the molecule is CCCC(=O)NOc1ccccc1C(=O)OCc1ccccc1. The third-order valence-corrected chi connectivity index (χ3v) is 3.07. The van der Waals surface area contributed by atoms with E-state index in [4.69, 9.17) is 9.57 Å². The largest absolute Gasteiger partial charge is 0.457 e. The molecule has 2 rings (SSSR count). The zero-order valence-electron chi connectivity index (χ0n) is 13.0. The van der Waals surface area contributed by atoms with Gasteiger partial charge in [0.2, 0.25) is 0 Å². The molecule has 0 unspecified atom stereocenters. The average Bonchev–Trinajstić information content (AvgIpc) is 2.59. The number of hydrogen-bond donors (Lipinski definition) is 1. The van der Waals surface area contributed by atoms with Crippen LogP contribution in [0.1, 0.15) is 35.7 Å². The van der Waals surface area contributed by atoms with Gasteiger partial charge >= 0.3 is 5.97 Å². The van der Waals surface area contributed by atoms with Crippen LogP contribution in [0.2, 0.25) is 0 Å². The second-order valence-electron chi connectivity index (χ2n) is 4.94. The van der Waals surface area contributed by atoms with Gasteiger partial charge in [-0.3, -0.25) is 4.79 Å². The lowest BCUT2D eigenvalue weighted by atomic mass is 10.2. The van der Waals surface area contributed by atoms with E-state index in [0.29, 0.717) is 6.42 Å². The molecule has 23 heavy (non-hydrogen) atoms. The molecule has 1 amide bonds. The van der Waals surface area contributed by atoms with Gasteiger partial charge in [-0.2, -0.15) is 5.48 Å². The molecule has 120 valence electrons. The van der Waals surface area contributed by atoms with Gasteiger partial charge in [0, 0.05) is 6.42 Å². The number of carbonyl (C=O) groups excluding carboxylic acids is 2. The summed E-state index contributed by atoms with van der Waals surface area (Å²) in [6.45, 7) is 2.07. The van der Waals surface area contributed by atoms with E-state index in [0.717, 1.165) is 12.0 Å². The number of rotatable bonds is 7. The highest BCUT2D eigenvalue weighted by atomic mass is 16.7. The van der Waals surface area contributed by atoms with Gasteiger partial charge < -0.3 is 9.57 Å². The van der Waals surface area contributed by atoms with E-state index < -0.39 is 5.97 Å². The monoisotopic (exact) mass is 313 g/mol. The van der Waals surface area contributed by atoms with Gasteiger partial charge in [0.05, 0.1) is 0 Å². The summed E-state index contributed by atoms with van der Waals surface area (Å²) >= 11 is 0. The Balaban J connectivity index is 1.98. The molecular weight excluding hydrogens is 294 g/mol. The van der Waals surface area contributed by atoms with Crippen LogP contribution < -0.4 is 10.3 Å². The summed E-state index contributed by atoms with van der Waals surface area (Å²) < 4.78 is 5.28. The molecule has 0 aliphatic rings. The summed E-state index contributed by atoms with van der Waals surface area (Å²) in [6, 6.07) is 16.0.